The monoisotopic (exact) mass is 578 g/mol. The quantitative estimate of drug-likeness (QED) is 0.206. The maximum Gasteiger partial charge on any atom is 0.123 e. The molecule has 0 aliphatic heterocycles. The van der Waals surface area contributed by atoms with E-state index < -0.39 is 0 Å². The first kappa shape index (κ1) is 26.6. The number of para-hydroxylation sites is 4. The van der Waals surface area contributed by atoms with Crippen molar-refractivity contribution in [1.82, 2.24) is 4.57 Å². The van der Waals surface area contributed by atoms with Gasteiger partial charge in [-0.05, 0) is 82.9 Å². The molecule has 0 saturated heterocycles. The predicted molar refractivity (Wildman–Crippen MR) is 188 cm³/mol. The van der Waals surface area contributed by atoms with E-state index in [4.69, 9.17) is 0 Å². The van der Waals surface area contributed by atoms with Gasteiger partial charge in [0.05, 0.1) is 11.0 Å². The first-order valence-corrected chi connectivity index (χ1v) is 15.2. The highest BCUT2D eigenvalue weighted by molar-refractivity contribution is 6.10. The molecule has 45 heavy (non-hydrogen) atoms. The second-order valence-electron chi connectivity index (χ2n) is 11.3. The molecule has 0 fully saturated rings. The standard InChI is InChI=1S/C42H30N2O/c45-42-23-9-6-19-36(42)32-14-11-17-34(27-32)44-40-22-8-5-20-37(40)38-28-30(24-25-41(38)44)29-12-10-13-31(26-29)35-18-4-7-21-39(35)43-33-15-2-1-3-16-33/h1-28,43,45H. The normalized spacial score (nSPS) is 11.2. The minimum Gasteiger partial charge on any atom is -0.507 e. The summed E-state index contributed by atoms with van der Waals surface area (Å²) in [5, 5.41) is 16.5. The van der Waals surface area contributed by atoms with Gasteiger partial charge >= 0.3 is 0 Å². The lowest BCUT2D eigenvalue weighted by Gasteiger charge is -2.14. The smallest absolute Gasteiger partial charge is 0.123 e. The molecule has 0 atom stereocenters. The Labute approximate surface area is 262 Å². The fourth-order valence-electron chi connectivity index (χ4n) is 6.35. The van der Waals surface area contributed by atoms with E-state index in [1.165, 1.54) is 21.9 Å². The highest BCUT2D eigenvalue weighted by Gasteiger charge is 2.15. The van der Waals surface area contributed by atoms with Crippen molar-refractivity contribution in [3.05, 3.63) is 170 Å². The van der Waals surface area contributed by atoms with Gasteiger partial charge in [-0.3, -0.25) is 0 Å². The number of phenols is 1. The molecule has 0 aliphatic rings. The number of aromatic hydroxyl groups is 1. The van der Waals surface area contributed by atoms with Crippen LogP contribution >= 0.6 is 0 Å². The van der Waals surface area contributed by atoms with Gasteiger partial charge in [0.2, 0.25) is 0 Å². The summed E-state index contributed by atoms with van der Waals surface area (Å²) < 4.78 is 2.32. The van der Waals surface area contributed by atoms with Gasteiger partial charge in [0.15, 0.2) is 0 Å². The third kappa shape index (κ3) is 4.91. The van der Waals surface area contributed by atoms with E-state index in [9.17, 15) is 5.11 Å². The van der Waals surface area contributed by atoms with E-state index in [0.717, 1.165) is 50.3 Å². The molecule has 0 saturated carbocycles. The van der Waals surface area contributed by atoms with Crippen LogP contribution in [0.25, 0.3) is 60.9 Å². The molecule has 8 rings (SSSR count). The molecular formula is C42H30N2O. The second kappa shape index (κ2) is 11.2. The molecule has 8 aromatic rings. The van der Waals surface area contributed by atoms with Crippen molar-refractivity contribution in [2.75, 3.05) is 5.32 Å². The fraction of sp³-hybridized carbons (Fsp3) is 0. The molecule has 214 valence electrons. The first-order chi connectivity index (χ1) is 22.2. The van der Waals surface area contributed by atoms with Crippen LogP contribution in [0, 0.1) is 0 Å². The third-order valence-electron chi connectivity index (χ3n) is 8.48. The van der Waals surface area contributed by atoms with Crippen LogP contribution in [-0.2, 0) is 0 Å². The Morgan fingerprint density at radius 1 is 0.422 bits per heavy atom. The number of nitrogens with one attached hydrogen (secondary N) is 1. The van der Waals surface area contributed by atoms with Gasteiger partial charge in [0.1, 0.15) is 5.75 Å². The molecule has 2 N–H and O–H groups in total. The first-order valence-electron chi connectivity index (χ1n) is 15.2. The molecule has 0 bridgehead atoms. The number of nitrogens with zero attached hydrogens (tertiary/aromatic N) is 1. The maximum absolute atomic E-state index is 10.5. The van der Waals surface area contributed by atoms with Crippen molar-refractivity contribution in [2.24, 2.45) is 0 Å². The summed E-state index contributed by atoms with van der Waals surface area (Å²) in [4.78, 5) is 0. The topological polar surface area (TPSA) is 37.2 Å². The Bertz CT molecular complexity index is 2320. The van der Waals surface area contributed by atoms with Crippen molar-refractivity contribution in [1.29, 1.82) is 0 Å². The number of phenolic OH excluding ortho intramolecular Hbond substituents is 1. The van der Waals surface area contributed by atoms with Crippen LogP contribution < -0.4 is 5.32 Å². The van der Waals surface area contributed by atoms with E-state index >= 15 is 0 Å². The summed E-state index contributed by atoms with van der Waals surface area (Å²) in [6, 6.07) is 58.8. The molecule has 7 aromatic carbocycles. The second-order valence-corrected chi connectivity index (χ2v) is 11.3. The molecule has 0 radical (unpaired) electrons. The molecule has 1 heterocycles. The highest BCUT2D eigenvalue weighted by Crippen LogP contribution is 2.38. The van der Waals surface area contributed by atoms with E-state index in [0.29, 0.717) is 0 Å². The van der Waals surface area contributed by atoms with Gasteiger partial charge in [-0.1, -0.05) is 109 Å². The summed E-state index contributed by atoms with van der Waals surface area (Å²) >= 11 is 0. The summed E-state index contributed by atoms with van der Waals surface area (Å²) in [5.74, 6) is 0.280. The molecule has 3 heteroatoms. The molecule has 0 unspecified atom stereocenters. The van der Waals surface area contributed by atoms with E-state index in [1.54, 1.807) is 6.07 Å². The number of aromatic nitrogens is 1. The summed E-state index contributed by atoms with van der Waals surface area (Å²) in [5.41, 5.74) is 11.9. The lowest BCUT2D eigenvalue weighted by molar-refractivity contribution is 0.477. The summed E-state index contributed by atoms with van der Waals surface area (Å²) in [7, 11) is 0. The minimum absolute atomic E-state index is 0.280. The molecule has 3 nitrogen and oxygen atoms in total. The molecule has 0 spiro atoms. The van der Waals surface area contributed by atoms with Crippen LogP contribution in [-0.4, -0.2) is 9.67 Å². The van der Waals surface area contributed by atoms with Crippen molar-refractivity contribution in [2.45, 2.75) is 0 Å². The number of fused-ring (bicyclic) bond motifs is 3. The number of rotatable bonds is 6. The average molecular weight is 579 g/mol. The Kier molecular flexibility index (Phi) is 6.62. The fourth-order valence-corrected chi connectivity index (χ4v) is 6.35. The lowest BCUT2D eigenvalue weighted by atomic mass is 9.97. The summed E-state index contributed by atoms with van der Waals surface area (Å²) in [6.45, 7) is 0. The van der Waals surface area contributed by atoms with Gasteiger partial charge in [-0.15, -0.1) is 0 Å². The highest BCUT2D eigenvalue weighted by atomic mass is 16.3. The Morgan fingerprint density at radius 2 is 1.07 bits per heavy atom. The van der Waals surface area contributed by atoms with Crippen LogP contribution in [0.15, 0.2) is 170 Å². The third-order valence-corrected chi connectivity index (χ3v) is 8.48. The predicted octanol–water partition coefficient (Wildman–Crippen LogP) is 11.2. The van der Waals surface area contributed by atoms with E-state index in [1.807, 2.05) is 42.5 Å². The number of hydrogen-bond donors (Lipinski definition) is 2. The van der Waals surface area contributed by atoms with Gasteiger partial charge in [-0.25, -0.2) is 0 Å². The zero-order valence-corrected chi connectivity index (χ0v) is 24.6. The SMILES string of the molecule is Oc1ccccc1-c1cccc(-n2c3ccccc3c3cc(-c4cccc(-c5ccccc5Nc5ccccc5)c4)ccc32)c1. The van der Waals surface area contributed by atoms with Gasteiger partial charge < -0.3 is 15.0 Å². The molecule has 0 aliphatic carbocycles. The Balaban J connectivity index is 1.22. The van der Waals surface area contributed by atoms with Gasteiger partial charge in [-0.2, -0.15) is 0 Å². The van der Waals surface area contributed by atoms with Crippen molar-refractivity contribution >= 4 is 33.2 Å². The summed E-state index contributed by atoms with van der Waals surface area (Å²) in [6.07, 6.45) is 0. The van der Waals surface area contributed by atoms with Crippen molar-refractivity contribution < 1.29 is 5.11 Å². The number of benzene rings is 7. The van der Waals surface area contributed by atoms with Crippen LogP contribution in [0.5, 0.6) is 5.75 Å². The van der Waals surface area contributed by atoms with E-state index in [2.05, 4.69) is 131 Å². The van der Waals surface area contributed by atoms with Crippen LogP contribution in [0.2, 0.25) is 0 Å². The maximum atomic E-state index is 10.5. The number of hydrogen-bond acceptors (Lipinski definition) is 2. The lowest BCUT2D eigenvalue weighted by Crippen LogP contribution is -1.94. The zero-order valence-electron chi connectivity index (χ0n) is 24.6. The van der Waals surface area contributed by atoms with Gasteiger partial charge in [0.25, 0.3) is 0 Å². The van der Waals surface area contributed by atoms with Gasteiger partial charge in [0, 0.05) is 39.0 Å². The van der Waals surface area contributed by atoms with Crippen LogP contribution in [0.3, 0.4) is 0 Å². The zero-order chi connectivity index (χ0) is 30.2. The molecular weight excluding hydrogens is 548 g/mol. The molecule has 1 aromatic heterocycles. The van der Waals surface area contributed by atoms with Crippen molar-refractivity contribution in [3.8, 4) is 44.8 Å². The van der Waals surface area contributed by atoms with Crippen LogP contribution in [0.4, 0.5) is 11.4 Å². The number of anilines is 2. The average Bonchev–Trinajstić information content (AvgIpc) is 3.43. The Morgan fingerprint density at radius 3 is 1.93 bits per heavy atom. The largest absolute Gasteiger partial charge is 0.507 e. The minimum atomic E-state index is 0.280. The van der Waals surface area contributed by atoms with Crippen molar-refractivity contribution in [3.63, 3.8) is 0 Å². The Hall–Kier alpha value is -6.06. The molecule has 0 amide bonds. The van der Waals surface area contributed by atoms with Crippen LogP contribution in [0.1, 0.15) is 0 Å². The van der Waals surface area contributed by atoms with E-state index in [-0.39, 0.29) is 5.75 Å².